The Morgan fingerprint density at radius 2 is 1.96 bits per heavy atom. The maximum absolute atomic E-state index is 5.46. The molecule has 0 atom stereocenters. The van der Waals surface area contributed by atoms with Gasteiger partial charge in [0.25, 0.3) is 5.89 Å². The van der Waals surface area contributed by atoms with Gasteiger partial charge in [-0.05, 0) is 30.7 Å². The molecular formula is C19H16N4O2. The van der Waals surface area contributed by atoms with Crippen molar-refractivity contribution in [2.24, 2.45) is 0 Å². The highest BCUT2D eigenvalue weighted by Gasteiger charge is 2.11. The minimum absolute atomic E-state index is 0.414. The number of ether oxygens (including phenoxy) is 1. The van der Waals surface area contributed by atoms with E-state index in [1.165, 1.54) is 0 Å². The molecule has 2 aromatic heterocycles. The molecule has 0 fully saturated rings. The van der Waals surface area contributed by atoms with Gasteiger partial charge in [-0.25, -0.2) is 4.98 Å². The van der Waals surface area contributed by atoms with Crippen LogP contribution in [0.2, 0.25) is 0 Å². The fraction of sp³-hybridized carbons (Fsp3) is 0.105. The van der Waals surface area contributed by atoms with Crippen molar-refractivity contribution in [3.63, 3.8) is 0 Å². The summed E-state index contributed by atoms with van der Waals surface area (Å²) in [4.78, 5) is 8.56. The predicted octanol–water partition coefficient (Wildman–Crippen LogP) is 3.91. The summed E-state index contributed by atoms with van der Waals surface area (Å²) in [6.45, 7) is 1.78. The van der Waals surface area contributed by atoms with E-state index in [0.29, 0.717) is 17.4 Å². The fourth-order valence-corrected chi connectivity index (χ4v) is 2.69. The van der Waals surface area contributed by atoms with Crippen LogP contribution in [0.15, 0.2) is 65.6 Å². The Bertz CT molecular complexity index is 1020. The van der Waals surface area contributed by atoms with Crippen LogP contribution in [0.3, 0.4) is 0 Å². The van der Waals surface area contributed by atoms with Crippen LogP contribution in [0, 0.1) is 6.92 Å². The molecule has 0 saturated carbocycles. The van der Waals surface area contributed by atoms with Gasteiger partial charge in [0.1, 0.15) is 17.8 Å². The summed E-state index contributed by atoms with van der Waals surface area (Å²) in [5.41, 5.74) is 3.74. The van der Waals surface area contributed by atoms with E-state index in [4.69, 9.17) is 9.26 Å². The summed E-state index contributed by atoms with van der Waals surface area (Å²) >= 11 is 0. The summed E-state index contributed by atoms with van der Waals surface area (Å²) in [5.74, 6) is 1.84. The lowest BCUT2D eigenvalue weighted by molar-refractivity contribution is 0.416. The first-order valence-electron chi connectivity index (χ1n) is 7.83. The van der Waals surface area contributed by atoms with Crippen LogP contribution >= 0.6 is 0 Å². The summed E-state index contributed by atoms with van der Waals surface area (Å²) in [6, 6.07) is 16.1. The zero-order valence-electron chi connectivity index (χ0n) is 13.9. The average Bonchev–Trinajstić information content (AvgIpc) is 3.31. The maximum Gasteiger partial charge on any atom is 0.278 e. The van der Waals surface area contributed by atoms with Gasteiger partial charge < -0.3 is 13.8 Å². The Hall–Kier alpha value is -3.41. The third-order valence-electron chi connectivity index (χ3n) is 3.89. The van der Waals surface area contributed by atoms with E-state index >= 15 is 0 Å². The standard InChI is InChI=1S/C19H16N4O2/c1-13-21-19(25-22-13)17-11-23(12-20-17)15-7-5-6-14(10-15)16-8-3-4-9-18(16)24-2/h3-12H,1-2H3. The van der Waals surface area contributed by atoms with Crippen molar-refractivity contribution in [3.05, 3.63) is 66.9 Å². The number of nitrogens with zero attached hydrogens (tertiary/aromatic N) is 4. The van der Waals surface area contributed by atoms with E-state index in [1.807, 2.05) is 47.2 Å². The molecule has 0 unspecified atom stereocenters. The first-order chi connectivity index (χ1) is 12.2. The molecular weight excluding hydrogens is 316 g/mol. The zero-order chi connectivity index (χ0) is 17.2. The molecule has 0 aliphatic heterocycles. The van der Waals surface area contributed by atoms with Crippen LogP contribution in [0.5, 0.6) is 5.75 Å². The van der Waals surface area contributed by atoms with Gasteiger partial charge in [-0.1, -0.05) is 35.5 Å². The first-order valence-corrected chi connectivity index (χ1v) is 7.83. The molecule has 6 nitrogen and oxygen atoms in total. The molecule has 4 rings (SSSR count). The van der Waals surface area contributed by atoms with Gasteiger partial charge in [-0.2, -0.15) is 4.98 Å². The van der Waals surface area contributed by atoms with E-state index in [0.717, 1.165) is 22.6 Å². The quantitative estimate of drug-likeness (QED) is 0.567. The van der Waals surface area contributed by atoms with E-state index in [1.54, 1.807) is 20.4 Å². The van der Waals surface area contributed by atoms with Crippen molar-refractivity contribution in [2.45, 2.75) is 6.92 Å². The minimum atomic E-state index is 0.414. The first kappa shape index (κ1) is 15.1. The van der Waals surface area contributed by atoms with E-state index in [9.17, 15) is 0 Å². The number of para-hydroxylation sites is 1. The lowest BCUT2D eigenvalue weighted by atomic mass is 10.0. The molecule has 0 bridgehead atoms. The lowest BCUT2D eigenvalue weighted by Crippen LogP contribution is -1.92. The zero-order valence-corrected chi connectivity index (χ0v) is 13.9. The number of aryl methyl sites for hydroxylation is 1. The van der Waals surface area contributed by atoms with Crippen molar-refractivity contribution in [1.82, 2.24) is 19.7 Å². The van der Waals surface area contributed by atoms with Gasteiger partial charge in [0.2, 0.25) is 0 Å². The number of rotatable bonds is 4. The Morgan fingerprint density at radius 3 is 2.76 bits per heavy atom. The molecule has 0 aliphatic rings. The molecule has 0 saturated heterocycles. The van der Waals surface area contributed by atoms with Gasteiger partial charge >= 0.3 is 0 Å². The number of hydrogen-bond acceptors (Lipinski definition) is 5. The summed E-state index contributed by atoms with van der Waals surface area (Å²) in [6.07, 6.45) is 3.60. The third-order valence-corrected chi connectivity index (χ3v) is 3.89. The minimum Gasteiger partial charge on any atom is -0.496 e. The molecule has 2 heterocycles. The number of imidazole rings is 1. The fourth-order valence-electron chi connectivity index (χ4n) is 2.69. The van der Waals surface area contributed by atoms with Crippen LogP contribution in [0.1, 0.15) is 5.82 Å². The second-order valence-corrected chi connectivity index (χ2v) is 5.56. The van der Waals surface area contributed by atoms with Crippen LogP contribution in [0.25, 0.3) is 28.4 Å². The topological polar surface area (TPSA) is 66.0 Å². The van der Waals surface area contributed by atoms with Crippen molar-refractivity contribution in [1.29, 1.82) is 0 Å². The highest BCUT2D eigenvalue weighted by atomic mass is 16.5. The van der Waals surface area contributed by atoms with E-state index in [2.05, 4.69) is 27.3 Å². The summed E-state index contributed by atoms with van der Waals surface area (Å²) in [5, 5.41) is 3.80. The van der Waals surface area contributed by atoms with Crippen molar-refractivity contribution in [2.75, 3.05) is 7.11 Å². The molecule has 0 N–H and O–H groups in total. The number of benzene rings is 2. The van der Waals surface area contributed by atoms with Gasteiger partial charge in [-0.3, -0.25) is 0 Å². The molecule has 124 valence electrons. The monoisotopic (exact) mass is 332 g/mol. The molecule has 0 radical (unpaired) electrons. The molecule has 25 heavy (non-hydrogen) atoms. The summed E-state index contributed by atoms with van der Waals surface area (Å²) < 4.78 is 12.6. The SMILES string of the molecule is COc1ccccc1-c1cccc(-n2cnc(-c3nc(C)no3)c2)c1. The molecule has 2 aromatic carbocycles. The van der Waals surface area contributed by atoms with Gasteiger partial charge in [0.15, 0.2) is 5.82 Å². The molecule has 0 amide bonds. The Kier molecular flexibility index (Phi) is 3.78. The van der Waals surface area contributed by atoms with E-state index < -0.39 is 0 Å². The van der Waals surface area contributed by atoms with Gasteiger partial charge in [0, 0.05) is 17.4 Å². The van der Waals surface area contributed by atoms with Crippen LogP contribution in [-0.4, -0.2) is 26.8 Å². The normalized spacial score (nSPS) is 10.8. The maximum atomic E-state index is 5.46. The average molecular weight is 332 g/mol. The Morgan fingerprint density at radius 1 is 1.08 bits per heavy atom. The van der Waals surface area contributed by atoms with Crippen LogP contribution in [-0.2, 0) is 0 Å². The van der Waals surface area contributed by atoms with Gasteiger partial charge in [0.05, 0.1) is 7.11 Å². The smallest absolute Gasteiger partial charge is 0.278 e. The predicted molar refractivity (Wildman–Crippen MR) is 93.6 cm³/mol. The second-order valence-electron chi connectivity index (χ2n) is 5.56. The third kappa shape index (κ3) is 2.89. The molecule has 0 aliphatic carbocycles. The van der Waals surface area contributed by atoms with Crippen molar-refractivity contribution in [3.8, 4) is 34.1 Å². The Labute approximate surface area is 144 Å². The van der Waals surface area contributed by atoms with Crippen molar-refractivity contribution >= 4 is 0 Å². The van der Waals surface area contributed by atoms with Crippen molar-refractivity contribution < 1.29 is 9.26 Å². The van der Waals surface area contributed by atoms with E-state index in [-0.39, 0.29) is 0 Å². The van der Waals surface area contributed by atoms with Crippen LogP contribution < -0.4 is 4.74 Å². The summed E-state index contributed by atoms with van der Waals surface area (Å²) in [7, 11) is 1.68. The molecule has 0 spiro atoms. The number of hydrogen-bond donors (Lipinski definition) is 0. The molecule has 6 heteroatoms. The second kappa shape index (κ2) is 6.24. The number of aromatic nitrogens is 4. The lowest BCUT2D eigenvalue weighted by Gasteiger charge is -2.10. The molecule has 4 aromatic rings. The largest absolute Gasteiger partial charge is 0.496 e. The highest BCUT2D eigenvalue weighted by molar-refractivity contribution is 5.72. The van der Waals surface area contributed by atoms with Crippen LogP contribution in [0.4, 0.5) is 0 Å². The number of methoxy groups -OCH3 is 1. The Balaban J connectivity index is 1.72. The van der Waals surface area contributed by atoms with Gasteiger partial charge in [-0.15, -0.1) is 0 Å². The highest BCUT2D eigenvalue weighted by Crippen LogP contribution is 2.30.